The number of ether oxygens (including phenoxy) is 1. The van der Waals surface area contributed by atoms with Gasteiger partial charge in [-0.2, -0.15) is 0 Å². The van der Waals surface area contributed by atoms with E-state index >= 15 is 0 Å². The number of hydrogen-bond donors (Lipinski definition) is 3. The molecule has 0 spiro atoms. The number of esters is 1. The quantitative estimate of drug-likeness (QED) is 0.559. The summed E-state index contributed by atoms with van der Waals surface area (Å²) in [5.74, 6) is -0.417. The molecule has 0 amide bonds. The molecule has 0 aromatic heterocycles. The zero-order valence-electron chi connectivity index (χ0n) is 10.9. The van der Waals surface area contributed by atoms with Crippen molar-refractivity contribution in [1.82, 2.24) is 4.72 Å². The number of sulfonamides is 1. The maximum atomic E-state index is 11.9. The van der Waals surface area contributed by atoms with Gasteiger partial charge in [-0.15, -0.1) is 0 Å². The third-order valence-corrected chi connectivity index (χ3v) is 4.11. The summed E-state index contributed by atoms with van der Waals surface area (Å²) in [6.45, 7) is -1.01. The van der Waals surface area contributed by atoms with Crippen molar-refractivity contribution in [2.45, 2.75) is 17.4 Å². The van der Waals surface area contributed by atoms with E-state index in [1.165, 1.54) is 31.4 Å². The molecular weight excluding hydrogens is 286 g/mol. The highest BCUT2D eigenvalue weighted by Gasteiger charge is 2.19. The number of nitrogens with one attached hydrogen (secondary N) is 1. The van der Waals surface area contributed by atoms with Gasteiger partial charge in [0.15, 0.2) is 0 Å². The molecule has 0 bridgehead atoms. The zero-order valence-corrected chi connectivity index (χ0v) is 11.8. The fourth-order valence-corrected chi connectivity index (χ4v) is 2.66. The molecule has 1 rings (SSSR count). The predicted octanol–water partition coefficient (Wildman–Crippen LogP) is -0.966. The third-order valence-electron chi connectivity index (χ3n) is 2.57. The van der Waals surface area contributed by atoms with Crippen molar-refractivity contribution in [3.05, 3.63) is 29.8 Å². The number of aliphatic hydroxyl groups is 2. The molecule has 0 radical (unpaired) electrons. The van der Waals surface area contributed by atoms with Gasteiger partial charge in [0.2, 0.25) is 10.0 Å². The van der Waals surface area contributed by atoms with Crippen molar-refractivity contribution in [1.29, 1.82) is 0 Å². The smallest absolute Gasteiger partial charge is 0.309 e. The van der Waals surface area contributed by atoms with E-state index in [4.69, 9.17) is 10.2 Å². The van der Waals surface area contributed by atoms with Gasteiger partial charge in [0.1, 0.15) is 0 Å². The first-order chi connectivity index (χ1) is 9.42. The highest BCUT2D eigenvalue weighted by molar-refractivity contribution is 7.89. The molecule has 3 N–H and O–H groups in total. The number of carbonyl (C=O) groups is 1. The Balaban J connectivity index is 2.84. The molecule has 0 saturated heterocycles. The monoisotopic (exact) mass is 303 g/mol. The molecule has 1 aromatic carbocycles. The van der Waals surface area contributed by atoms with Crippen molar-refractivity contribution in [2.75, 3.05) is 20.3 Å². The molecule has 8 heteroatoms. The van der Waals surface area contributed by atoms with E-state index in [1.807, 2.05) is 0 Å². The lowest BCUT2D eigenvalue weighted by Gasteiger charge is -2.13. The molecule has 20 heavy (non-hydrogen) atoms. The van der Waals surface area contributed by atoms with E-state index in [1.54, 1.807) is 0 Å². The van der Waals surface area contributed by atoms with Crippen molar-refractivity contribution in [2.24, 2.45) is 0 Å². The predicted molar refractivity (Wildman–Crippen MR) is 70.4 cm³/mol. The van der Waals surface area contributed by atoms with E-state index in [-0.39, 0.29) is 11.3 Å². The normalized spacial score (nSPS) is 11.6. The molecule has 112 valence electrons. The molecule has 0 aliphatic rings. The lowest BCUT2D eigenvalue weighted by molar-refractivity contribution is -0.139. The van der Waals surface area contributed by atoms with Gasteiger partial charge in [-0.05, 0) is 17.7 Å². The van der Waals surface area contributed by atoms with Crippen LogP contribution in [0.5, 0.6) is 0 Å². The summed E-state index contributed by atoms with van der Waals surface area (Å²) in [4.78, 5) is 11.1. The average molecular weight is 303 g/mol. The first-order valence-electron chi connectivity index (χ1n) is 5.82. The minimum atomic E-state index is -3.82. The van der Waals surface area contributed by atoms with Gasteiger partial charge >= 0.3 is 5.97 Å². The molecule has 0 aliphatic carbocycles. The van der Waals surface area contributed by atoms with Crippen LogP contribution in [0.2, 0.25) is 0 Å². The Hall–Kier alpha value is -1.48. The number of methoxy groups -OCH3 is 1. The number of hydrogen-bond acceptors (Lipinski definition) is 6. The van der Waals surface area contributed by atoms with Gasteiger partial charge in [-0.3, -0.25) is 4.79 Å². The minimum absolute atomic E-state index is 0.0157. The summed E-state index contributed by atoms with van der Waals surface area (Å²) in [5.41, 5.74) is 0.622. The fraction of sp³-hybridized carbons (Fsp3) is 0.417. The van der Waals surface area contributed by atoms with Gasteiger partial charge in [0, 0.05) is 0 Å². The molecular formula is C12H17NO6S. The van der Waals surface area contributed by atoms with Crippen LogP contribution in [0.3, 0.4) is 0 Å². The molecule has 0 heterocycles. The highest BCUT2D eigenvalue weighted by atomic mass is 32.2. The van der Waals surface area contributed by atoms with E-state index in [2.05, 4.69) is 9.46 Å². The van der Waals surface area contributed by atoms with Crippen LogP contribution in [-0.2, 0) is 26.0 Å². The summed E-state index contributed by atoms with van der Waals surface area (Å²) in [5, 5.41) is 17.7. The van der Waals surface area contributed by atoms with Crippen LogP contribution in [0.1, 0.15) is 5.56 Å². The molecule has 0 aliphatic heterocycles. The maximum absolute atomic E-state index is 11.9. The Labute approximate surface area is 117 Å². The van der Waals surface area contributed by atoms with Crippen LogP contribution < -0.4 is 4.72 Å². The second-order valence-corrected chi connectivity index (χ2v) is 5.79. The van der Waals surface area contributed by atoms with Crippen molar-refractivity contribution < 1.29 is 28.2 Å². The summed E-state index contributed by atoms with van der Waals surface area (Å²) >= 11 is 0. The summed E-state index contributed by atoms with van der Waals surface area (Å²) < 4.78 is 30.5. The Kier molecular flexibility index (Phi) is 6.08. The van der Waals surface area contributed by atoms with E-state index in [9.17, 15) is 13.2 Å². The largest absolute Gasteiger partial charge is 0.469 e. The lowest BCUT2D eigenvalue weighted by Crippen LogP contribution is -2.39. The van der Waals surface area contributed by atoms with E-state index < -0.39 is 35.2 Å². The summed E-state index contributed by atoms with van der Waals surface area (Å²) in [6, 6.07) is 4.73. The Morgan fingerprint density at radius 2 is 1.80 bits per heavy atom. The van der Waals surface area contributed by atoms with E-state index in [0.717, 1.165) is 0 Å². The maximum Gasteiger partial charge on any atom is 0.309 e. The molecule has 0 saturated carbocycles. The number of carbonyl (C=O) groups excluding carboxylic acids is 1. The fourth-order valence-electron chi connectivity index (χ4n) is 1.45. The molecule has 1 aromatic rings. The van der Waals surface area contributed by atoms with Gasteiger partial charge < -0.3 is 14.9 Å². The van der Waals surface area contributed by atoms with Crippen LogP contribution in [0.4, 0.5) is 0 Å². The number of aliphatic hydroxyl groups excluding tert-OH is 2. The highest BCUT2D eigenvalue weighted by Crippen LogP contribution is 2.12. The Bertz CT molecular complexity index is 536. The first-order valence-corrected chi connectivity index (χ1v) is 7.31. The van der Waals surface area contributed by atoms with E-state index in [0.29, 0.717) is 5.56 Å². The van der Waals surface area contributed by atoms with Gasteiger partial charge in [-0.25, -0.2) is 13.1 Å². The third kappa shape index (κ3) is 4.57. The Morgan fingerprint density at radius 1 is 1.25 bits per heavy atom. The van der Waals surface area contributed by atoms with Crippen molar-refractivity contribution in [3.8, 4) is 0 Å². The van der Waals surface area contributed by atoms with Crippen LogP contribution in [-0.4, -0.2) is 51.0 Å². The second kappa shape index (κ2) is 7.34. The average Bonchev–Trinajstić information content (AvgIpc) is 2.45. The zero-order chi connectivity index (χ0) is 15.2. The van der Waals surface area contributed by atoms with Crippen molar-refractivity contribution in [3.63, 3.8) is 0 Å². The Morgan fingerprint density at radius 3 is 2.25 bits per heavy atom. The summed E-state index contributed by atoms with van der Waals surface area (Å²) in [7, 11) is -2.55. The minimum Gasteiger partial charge on any atom is -0.469 e. The van der Waals surface area contributed by atoms with Crippen LogP contribution in [0.25, 0.3) is 0 Å². The summed E-state index contributed by atoms with van der Waals surface area (Å²) in [6.07, 6.45) is 0.0557. The SMILES string of the molecule is COC(=O)Cc1ccc(S(=O)(=O)NC(CO)CO)cc1. The van der Waals surface area contributed by atoms with Gasteiger partial charge in [-0.1, -0.05) is 12.1 Å². The van der Waals surface area contributed by atoms with Gasteiger partial charge in [0.05, 0.1) is 37.7 Å². The van der Waals surface area contributed by atoms with Crippen LogP contribution in [0, 0.1) is 0 Å². The topological polar surface area (TPSA) is 113 Å². The molecule has 0 unspecified atom stereocenters. The van der Waals surface area contributed by atoms with Crippen LogP contribution >= 0.6 is 0 Å². The number of rotatable bonds is 7. The first kappa shape index (κ1) is 16.6. The molecule has 0 fully saturated rings. The molecule has 7 nitrogen and oxygen atoms in total. The van der Waals surface area contributed by atoms with Crippen molar-refractivity contribution >= 4 is 16.0 Å². The second-order valence-electron chi connectivity index (χ2n) is 4.08. The molecule has 0 atom stereocenters. The number of benzene rings is 1. The van der Waals surface area contributed by atoms with Crippen LogP contribution in [0.15, 0.2) is 29.2 Å². The van der Waals surface area contributed by atoms with Gasteiger partial charge in [0.25, 0.3) is 0 Å². The lowest BCUT2D eigenvalue weighted by atomic mass is 10.2. The standard InChI is InChI=1S/C12H17NO6S/c1-19-12(16)6-9-2-4-11(5-3-9)20(17,18)13-10(7-14)8-15/h2-5,10,13-15H,6-8H2,1H3.